The summed E-state index contributed by atoms with van der Waals surface area (Å²) in [5.74, 6) is -0.0802. The molecule has 0 bridgehead atoms. The van der Waals surface area contributed by atoms with Gasteiger partial charge < -0.3 is 10.6 Å². The van der Waals surface area contributed by atoms with E-state index >= 15 is 0 Å². The van der Waals surface area contributed by atoms with E-state index in [-0.39, 0.29) is 23.9 Å². The summed E-state index contributed by atoms with van der Waals surface area (Å²) in [5.41, 5.74) is 5.93. The number of halogens is 2. The second-order valence-electron chi connectivity index (χ2n) is 7.37. The summed E-state index contributed by atoms with van der Waals surface area (Å²) in [6.45, 7) is 4.01. The van der Waals surface area contributed by atoms with Crippen LogP contribution >= 0.6 is 23.2 Å². The van der Waals surface area contributed by atoms with Gasteiger partial charge in [0.25, 0.3) is 5.91 Å². The van der Waals surface area contributed by atoms with Crippen LogP contribution < -0.4 is 21.5 Å². The second-order valence-corrected chi connectivity index (χ2v) is 8.22. The van der Waals surface area contributed by atoms with E-state index in [2.05, 4.69) is 21.5 Å². The summed E-state index contributed by atoms with van der Waals surface area (Å²) in [7, 11) is 0. The molecule has 0 spiro atoms. The first-order valence-corrected chi connectivity index (χ1v) is 10.2. The van der Waals surface area contributed by atoms with Crippen molar-refractivity contribution in [3.8, 4) is 0 Å². The van der Waals surface area contributed by atoms with Crippen molar-refractivity contribution in [3.05, 3.63) is 28.2 Å². The highest BCUT2D eigenvalue weighted by Crippen LogP contribution is 2.24. The third kappa shape index (κ3) is 7.46. The molecule has 6 nitrogen and oxygen atoms in total. The van der Waals surface area contributed by atoms with Crippen molar-refractivity contribution < 1.29 is 9.59 Å². The molecule has 0 radical (unpaired) electrons. The van der Waals surface area contributed by atoms with Gasteiger partial charge in [0.15, 0.2) is 0 Å². The zero-order chi connectivity index (χ0) is 19.8. The van der Waals surface area contributed by atoms with Crippen LogP contribution in [0.2, 0.25) is 10.0 Å². The summed E-state index contributed by atoms with van der Waals surface area (Å²) in [4.78, 5) is 24.9. The zero-order valence-electron chi connectivity index (χ0n) is 15.8. The second kappa shape index (κ2) is 10.6. The van der Waals surface area contributed by atoms with Crippen molar-refractivity contribution in [3.63, 3.8) is 0 Å². The van der Waals surface area contributed by atoms with Gasteiger partial charge in [-0.15, -0.1) is 0 Å². The predicted molar refractivity (Wildman–Crippen MR) is 110 cm³/mol. The Morgan fingerprint density at radius 2 is 1.85 bits per heavy atom. The van der Waals surface area contributed by atoms with Crippen molar-refractivity contribution in [2.24, 2.45) is 5.92 Å². The molecule has 0 heterocycles. The number of urea groups is 1. The van der Waals surface area contributed by atoms with Crippen LogP contribution in [0, 0.1) is 5.92 Å². The molecular formula is C19H28Cl2N4O2. The van der Waals surface area contributed by atoms with E-state index in [0.29, 0.717) is 22.2 Å². The highest BCUT2D eigenvalue weighted by molar-refractivity contribution is 6.36. The summed E-state index contributed by atoms with van der Waals surface area (Å²) in [6.07, 6.45) is 5.99. The van der Waals surface area contributed by atoms with E-state index in [1.165, 1.54) is 6.42 Å². The van der Waals surface area contributed by atoms with Crippen LogP contribution in [0.25, 0.3) is 0 Å². The van der Waals surface area contributed by atoms with Crippen molar-refractivity contribution in [1.82, 2.24) is 16.1 Å². The molecule has 1 aromatic carbocycles. The van der Waals surface area contributed by atoms with Gasteiger partial charge in [-0.3, -0.25) is 15.6 Å². The number of benzene rings is 1. The maximum Gasteiger partial charge on any atom is 0.315 e. The number of rotatable bonds is 7. The molecule has 2 rings (SSSR count). The molecule has 4 N–H and O–H groups in total. The van der Waals surface area contributed by atoms with E-state index in [0.717, 1.165) is 25.7 Å². The minimum atomic E-state index is -0.646. The first-order valence-electron chi connectivity index (χ1n) is 9.43. The summed E-state index contributed by atoms with van der Waals surface area (Å²) in [6, 6.07) is 4.17. The molecule has 1 aliphatic rings. The number of nitrogens with one attached hydrogen (secondary N) is 4. The molecule has 1 unspecified atom stereocenters. The van der Waals surface area contributed by atoms with E-state index in [9.17, 15) is 9.59 Å². The smallest absolute Gasteiger partial charge is 0.315 e. The first kappa shape index (κ1) is 21.6. The van der Waals surface area contributed by atoms with Crippen LogP contribution in [0.3, 0.4) is 0 Å². The van der Waals surface area contributed by atoms with E-state index < -0.39 is 6.04 Å². The molecule has 0 aromatic heterocycles. The molecule has 3 amide bonds. The topological polar surface area (TPSA) is 82.3 Å². The van der Waals surface area contributed by atoms with Gasteiger partial charge in [-0.05, 0) is 43.4 Å². The zero-order valence-corrected chi connectivity index (χ0v) is 17.3. The Morgan fingerprint density at radius 1 is 1.15 bits per heavy atom. The largest absolute Gasteiger partial charge is 0.335 e. The lowest BCUT2D eigenvalue weighted by atomic mass is 9.96. The fraction of sp³-hybridized carbons (Fsp3) is 0.579. The highest BCUT2D eigenvalue weighted by atomic mass is 35.5. The van der Waals surface area contributed by atoms with Gasteiger partial charge in [-0.2, -0.15) is 0 Å². The van der Waals surface area contributed by atoms with Crippen LogP contribution in [0.4, 0.5) is 10.5 Å². The molecule has 0 saturated heterocycles. The highest BCUT2D eigenvalue weighted by Gasteiger charge is 2.24. The lowest BCUT2D eigenvalue weighted by Gasteiger charge is -2.25. The molecule has 1 aliphatic carbocycles. The molecule has 1 saturated carbocycles. The Balaban J connectivity index is 1.90. The fourth-order valence-electron chi connectivity index (χ4n) is 3.14. The Labute approximate surface area is 170 Å². The van der Waals surface area contributed by atoms with E-state index in [4.69, 9.17) is 23.2 Å². The SMILES string of the molecule is CC(C)CC(NC(=O)NC1CCCCC1)C(=O)NNc1ccc(Cl)cc1Cl. The summed E-state index contributed by atoms with van der Waals surface area (Å²) >= 11 is 12.0. The van der Waals surface area contributed by atoms with Gasteiger partial charge in [-0.25, -0.2) is 4.79 Å². The maximum absolute atomic E-state index is 12.6. The third-order valence-corrected chi connectivity index (χ3v) is 5.07. The van der Waals surface area contributed by atoms with Gasteiger partial charge in [0.05, 0.1) is 10.7 Å². The molecule has 8 heteroatoms. The van der Waals surface area contributed by atoms with Crippen molar-refractivity contribution in [1.29, 1.82) is 0 Å². The molecule has 1 aromatic rings. The van der Waals surface area contributed by atoms with Crippen LogP contribution in [0.15, 0.2) is 18.2 Å². The average molecular weight is 415 g/mol. The first-order chi connectivity index (χ1) is 12.8. The third-order valence-electron chi connectivity index (χ3n) is 4.52. The molecule has 150 valence electrons. The lowest BCUT2D eigenvalue weighted by Crippen LogP contribution is -2.53. The van der Waals surface area contributed by atoms with Crippen LogP contribution in [-0.2, 0) is 4.79 Å². The van der Waals surface area contributed by atoms with Crippen molar-refractivity contribution in [2.45, 2.75) is 64.5 Å². The van der Waals surface area contributed by atoms with Crippen molar-refractivity contribution in [2.75, 3.05) is 5.43 Å². The Morgan fingerprint density at radius 3 is 2.48 bits per heavy atom. The molecule has 0 aliphatic heterocycles. The number of hydrogen-bond donors (Lipinski definition) is 4. The number of carbonyl (C=O) groups excluding carboxylic acids is 2. The molecule has 1 fully saturated rings. The number of hydrogen-bond acceptors (Lipinski definition) is 3. The van der Waals surface area contributed by atoms with Crippen LogP contribution in [0.1, 0.15) is 52.4 Å². The Hall–Kier alpha value is -1.66. The normalized spacial score (nSPS) is 15.9. The maximum atomic E-state index is 12.6. The molecular weight excluding hydrogens is 387 g/mol. The number of carbonyl (C=O) groups is 2. The van der Waals surface area contributed by atoms with E-state index in [1.54, 1.807) is 18.2 Å². The quantitative estimate of drug-likeness (QED) is 0.496. The average Bonchev–Trinajstić information content (AvgIpc) is 2.60. The predicted octanol–water partition coefficient (Wildman–Crippen LogP) is 4.48. The minimum Gasteiger partial charge on any atom is -0.335 e. The lowest BCUT2D eigenvalue weighted by molar-refractivity contribution is -0.122. The minimum absolute atomic E-state index is 0.188. The molecule has 1 atom stereocenters. The Bertz CT molecular complexity index is 649. The standard InChI is InChI=1S/C19H28Cl2N4O2/c1-12(2)10-17(23-19(27)22-14-6-4-3-5-7-14)18(26)25-24-16-9-8-13(20)11-15(16)21/h8-9,11-12,14,17,24H,3-7,10H2,1-2H3,(H,25,26)(H2,22,23,27). The summed E-state index contributed by atoms with van der Waals surface area (Å²) in [5, 5.41) is 6.68. The summed E-state index contributed by atoms with van der Waals surface area (Å²) < 4.78 is 0. The molecule has 27 heavy (non-hydrogen) atoms. The van der Waals surface area contributed by atoms with E-state index in [1.807, 2.05) is 13.8 Å². The fourth-order valence-corrected chi connectivity index (χ4v) is 3.60. The van der Waals surface area contributed by atoms with Crippen molar-refractivity contribution >= 4 is 40.8 Å². The van der Waals surface area contributed by atoms with Crippen LogP contribution in [0.5, 0.6) is 0 Å². The van der Waals surface area contributed by atoms with Gasteiger partial charge >= 0.3 is 6.03 Å². The number of hydrazine groups is 1. The number of amides is 3. The number of anilines is 1. The van der Waals surface area contributed by atoms with Gasteiger partial charge in [-0.1, -0.05) is 56.3 Å². The van der Waals surface area contributed by atoms with Gasteiger partial charge in [0, 0.05) is 11.1 Å². The Kier molecular flexibility index (Phi) is 8.51. The monoisotopic (exact) mass is 414 g/mol. The van der Waals surface area contributed by atoms with Crippen LogP contribution in [-0.4, -0.2) is 24.0 Å². The van der Waals surface area contributed by atoms with Gasteiger partial charge in [0.1, 0.15) is 6.04 Å². The van der Waals surface area contributed by atoms with Gasteiger partial charge in [0.2, 0.25) is 0 Å².